The summed E-state index contributed by atoms with van der Waals surface area (Å²) in [6, 6.07) is 6.30. The average molecular weight is 290 g/mol. The fourth-order valence-corrected chi connectivity index (χ4v) is 2.98. The highest BCUT2D eigenvalue weighted by atomic mass is 35.5. The van der Waals surface area contributed by atoms with Gasteiger partial charge in [-0.25, -0.2) is 8.42 Å². The van der Waals surface area contributed by atoms with Crippen molar-refractivity contribution in [1.29, 1.82) is 0 Å². The van der Waals surface area contributed by atoms with E-state index < -0.39 is 15.1 Å². The molecule has 3 nitrogen and oxygen atoms in total. The van der Waals surface area contributed by atoms with E-state index in [9.17, 15) is 8.42 Å². The Labute approximate surface area is 114 Å². The molecule has 0 heterocycles. The van der Waals surface area contributed by atoms with E-state index in [1.165, 1.54) is 0 Å². The quantitative estimate of drug-likeness (QED) is 0.876. The van der Waals surface area contributed by atoms with Gasteiger partial charge in [0.15, 0.2) is 9.84 Å². The van der Waals surface area contributed by atoms with Gasteiger partial charge in [0.1, 0.15) is 0 Å². The van der Waals surface area contributed by atoms with Crippen molar-refractivity contribution in [1.82, 2.24) is 5.32 Å². The molecule has 102 valence electrons. The standard InChI is InChI=1S/C13H20ClNO2S/c1-10(2)8-15-9-11(3)18(16,17)13-6-4-12(14)5-7-13/h4-7,10-11,15H,8-9H2,1-3H3. The number of rotatable bonds is 6. The van der Waals surface area contributed by atoms with Crippen molar-refractivity contribution in [3.05, 3.63) is 29.3 Å². The second-order valence-corrected chi connectivity index (χ2v) is 7.66. The number of nitrogens with one attached hydrogen (secondary N) is 1. The molecule has 1 aromatic carbocycles. The van der Waals surface area contributed by atoms with Gasteiger partial charge in [0.25, 0.3) is 0 Å². The second kappa shape index (κ2) is 6.55. The van der Waals surface area contributed by atoms with Crippen molar-refractivity contribution >= 4 is 21.4 Å². The van der Waals surface area contributed by atoms with Crippen LogP contribution in [0.3, 0.4) is 0 Å². The van der Waals surface area contributed by atoms with Gasteiger partial charge in [0.05, 0.1) is 10.1 Å². The molecule has 0 aliphatic carbocycles. The smallest absolute Gasteiger partial charge is 0.182 e. The molecule has 0 fully saturated rings. The summed E-state index contributed by atoms with van der Waals surface area (Å²) >= 11 is 5.75. The molecular formula is C13H20ClNO2S. The van der Waals surface area contributed by atoms with Crippen molar-refractivity contribution < 1.29 is 8.42 Å². The van der Waals surface area contributed by atoms with Crippen molar-refractivity contribution in [3.63, 3.8) is 0 Å². The lowest BCUT2D eigenvalue weighted by Gasteiger charge is -2.15. The molecule has 0 spiro atoms. The first-order valence-corrected chi connectivity index (χ1v) is 7.96. The Morgan fingerprint density at radius 3 is 2.17 bits per heavy atom. The van der Waals surface area contributed by atoms with Gasteiger partial charge < -0.3 is 5.32 Å². The highest BCUT2D eigenvalue weighted by Gasteiger charge is 2.22. The molecule has 0 amide bonds. The zero-order valence-electron chi connectivity index (χ0n) is 11.0. The van der Waals surface area contributed by atoms with Crippen LogP contribution in [0.1, 0.15) is 20.8 Å². The van der Waals surface area contributed by atoms with Gasteiger partial charge >= 0.3 is 0 Å². The largest absolute Gasteiger partial charge is 0.315 e. The summed E-state index contributed by atoms with van der Waals surface area (Å²) in [5, 5.41) is 3.26. The van der Waals surface area contributed by atoms with Gasteiger partial charge in [-0.15, -0.1) is 0 Å². The minimum Gasteiger partial charge on any atom is -0.315 e. The molecule has 0 aliphatic heterocycles. The van der Waals surface area contributed by atoms with Crippen LogP contribution < -0.4 is 5.32 Å². The van der Waals surface area contributed by atoms with Crippen molar-refractivity contribution in [2.45, 2.75) is 30.9 Å². The van der Waals surface area contributed by atoms with Crippen molar-refractivity contribution in [2.75, 3.05) is 13.1 Å². The van der Waals surface area contributed by atoms with Crippen LogP contribution in [-0.2, 0) is 9.84 Å². The monoisotopic (exact) mass is 289 g/mol. The Kier molecular flexibility index (Phi) is 5.63. The average Bonchev–Trinajstić information content (AvgIpc) is 2.28. The first-order valence-electron chi connectivity index (χ1n) is 6.04. The van der Waals surface area contributed by atoms with Crippen molar-refractivity contribution in [2.24, 2.45) is 5.92 Å². The molecule has 1 rings (SSSR count). The zero-order chi connectivity index (χ0) is 13.8. The third-order valence-corrected chi connectivity index (χ3v) is 5.06. The van der Waals surface area contributed by atoms with Crippen LogP contribution in [0.4, 0.5) is 0 Å². The number of sulfone groups is 1. The maximum Gasteiger partial charge on any atom is 0.182 e. The Bertz CT molecular complexity index is 468. The molecule has 0 aromatic heterocycles. The third-order valence-electron chi connectivity index (χ3n) is 2.66. The minimum atomic E-state index is -3.27. The highest BCUT2D eigenvalue weighted by Crippen LogP contribution is 2.18. The third kappa shape index (κ3) is 4.26. The van der Waals surface area contributed by atoms with Gasteiger partial charge in [-0.05, 0) is 43.7 Å². The molecule has 1 unspecified atom stereocenters. The number of hydrogen-bond acceptors (Lipinski definition) is 3. The fraction of sp³-hybridized carbons (Fsp3) is 0.538. The molecule has 5 heteroatoms. The van der Waals surface area contributed by atoms with Crippen molar-refractivity contribution in [3.8, 4) is 0 Å². The van der Waals surface area contributed by atoms with Crippen LogP contribution in [0.5, 0.6) is 0 Å². The van der Waals surface area contributed by atoms with Gasteiger partial charge in [-0.1, -0.05) is 25.4 Å². The first-order chi connectivity index (χ1) is 8.34. The normalized spacial score (nSPS) is 13.8. The molecule has 0 bridgehead atoms. The molecule has 0 saturated heterocycles. The van der Waals surface area contributed by atoms with Gasteiger partial charge in [0, 0.05) is 11.6 Å². The predicted molar refractivity (Wildman–Crippen MR) is 75.8 cm³/mol. The van der Waals surface area contributed by atoms with E-state index in [2.05, 4.69) is 19.2 Å². The van der Waals surface area contributed by atoms with Crippen LogP contribution in [0.2, 0.25) is 5.02 Å². The van der Waals surface area contributed by atoms with Gasteiger partial charge in [-0.2, -0.15) is 0 Å². The summed E-state index contributed by atoms with van der Waals surface area (Å²) in [5.74, 6) is 0.510. The maximum absolute atomic E-state index is 12.2. The number of hydrogen-bond donors (Lipinski definition) is 1. The molecule has 1 aromatic rings. The summed E-state index contributed by atoms with van der Waals surface area (Å²) in [6.45, 7) is 7.18. The summed E-state index contributed by atoms with van der Waals surface area (Å²) in [4.78, 5) is 0.325. The van der Waals surface area contributed by atoms with E-state index >= 15 is 0 Å². The van der Waals surface area contributed by atoms with E-state index in [1.807, 2.05) is 0 Å². The molecule has 0 aliphatic rings. The van der Waals surface area contributed by atoms with E-state index in [4.69, 9.17) is 11.6 Å². The summed E-state index contributed by atoms with van der Waals surface area (Å²) in [5.41, 5.74) is 0. The Morgan fingerprint density at radius 2 is 1.67 bits per heavy atom. The maximum atomic E-state index is 12.2. The Morgan fingerprint density at radius 1 is 1.11 bits per heavy atom. The fourth-order valence-electron chi connectivity index (χ4n) is 1.54. The summed E-state index contributed by atoms with van der Waals surface area (Å²) < 4.78 is 24.5. The van der Waals surface area contributed by atoms with E-state index in [1.54, 1.807) is 31.2 Å². The summed E-state index contributed by atoms with van der Waals surface area (Å²) in [6.07, 6.45) is 0. The summed E-state index contributed by atoms with van der Waals surface area (Å²) in [7, 11) is -3.27. The number of benzene rings is 1. The highest BCUT2D eigenvalue weighted by molar-refractivity contribution is 7.92. The predicted octanol–water partition coefficient (Wildman–Crippen LogP) is 2.75. The van der Waals surface area contributed by atoms with Crippen LogP contribution >= 0.6 is 11.6 Å². The van der Waals surface area contributed by atoms with E-state index in [0.29, 0.717) is 22.4 Å². The van der Waals surface area contributed by atoms with Crippen LogP contribution in [0.25, 0.3) is 0 Å². The SMILES string of the molecule is CC(C)CNCC(C)S(=O)(=O)c1ccc(Cl)cc1. The molecule has 1 atom stereocenters. The minimum absolute atomic E-state index is 0.325. The van der Waals surface area contributed by atoms with E-state index in [-0.39, 0.29) is 0 Å². The van der Waals surface area contributed by atoms with Crippen LogP contribution in [0, 0.1) is 5.92 Å². The topological polar surface area (TPSA) is 46.2 Å². The Hall–Kier alpha value is -0.580. The van der Waals surface area contributed by atoms with Gasteiger partial charge in [-0.3, -0.25) is 0 Å². The molecular weight excluding hydrogens is 270 g/mol. The lowest BCUT2D eigenvalue weighted by Crippen LogP contribution is -2.33. The molecule has 0 saturated carbocycles. The lowest BCUT2D eigenvalue weighted by atomic mass is 10.2. The number of halogens is 1. The van der Waals surface area contributed by atoms with E-state index in [0.717, 1.165) is 6.54 Å². The van der Waals surface area contributed by atoms with Crippen LogP contribution in [-0.4, -0.2) is 26.8 Å². The Balaban J connectivity index is 2.71. The zero-order valence-corrected chi connectivity index (χ0v) is 12.6. The molecule has 18 heavy (non-hydrogen) atoms. The first kappa shape index (κ1) is 15.5. The lowest BCUT2D eigenvalue weighted by molar-refractivity contribution is 0.535. The van der Waals surface area contributed by atoms with Crippen LogP contribution in [0.15, 0.2) is 29.2 Å². The van der Waals surface area contributed by atoms with Gasteiger partial charge in [0.2, 0.25) is 0 Å². The molecule has 1 N–H and O–H groups in total. The molecule has 0 radical (unpaired) electrons. The second-order valence-electron chi connectivity index (χ2n) is 4.86.